The Morgan fingerprint density at radius 3 is 2.89 bits per heavy atom. The lowest BCUT2D eigenvalue weighted by atomic mass is 10.3. The van der Waals surface area contributed by atoms with E-state index in [0.29, 0.717) is 16.1 Å². The van der Waals surface area contributed by atoms with Crippen molar-refractivity contribution >= 4 is 50.9 Å². The maximum absolute atomic E-state index is 13.5. The molecular weight excluding hydrogens is 353 g/mol. The number of nitrogens with one attached hydrogen (secondary N) is 1. The molecule has 0 saturated carbocycles. The number of hydrogen-bond acceptors (Lipinski definition) is 2. The quantitative estimate of drug-likeness (QED) is 0.643. The number of hydrogen-bond donors (Lipinski definition) is 1. The van der Waals surface area contributed by atoms with E-state index in [1.165, 1.54) is 12.1 Å². The van der Waals surface area contributed by atoms with Gasteiger partial charge in [0.15, 0.2) is 10.4 Å². The van der Waals surface area contributed by atoms with Gasteiger partial charge in [-0.1, -0.05) is 11.6 Å². The molecule has 2 aromatic heterocycles. The second-order valence-corrected chi connectivity index (χ2v) is 5.60. The number of H-pyrrole nitrogens is 1. The molecule has 2 heterocycles. The number of halogens is 3. The van der Waals surface area contributed by atoms with E-state index in [4.69, 9.17) is 23.8 Å². The van der Waals surface area contributed by atoms with Crippen molar-refractivity contribution in [2.45, 2.75) is 0 Å². The second-order valence-electron chi connectivity index (χ2n) is 3.89. The lowest BCUT2D eigenvalue weighted by Crippen LogP contribution is -1.96. The average Bonchev–Trinajstić information content (AvgIpc) is 2.68. The highest BCUT2D eigenvalue weighted by Gasteiger charge is 2.10. The number of aromatic amines is 1. The Morgan fingerprint density at radius 1 is 1.37 bits per heavy atom. The van der Waals surface area contributed by atoms with Gasteiger partial charge in [0.1, 0.15) is 5.82 Å². The third-order valence-electron chi connectivity index (χ3n) is 2.65. The van der Waals surface area contributed by atoms with E-state index < -0.39 is 5.82 Å². The van der Waals surface area contributed by atoms with E-state index in [9.17, 15) is 4.39 Å². The Labute approximate surface area is 126 Å². The van der Waals surface area contributed by atoms with Crippen LogP contribution in [0.15, 0.2) is 34.9 Å². The Kier molecular flexibility index (Phi) is 3.16. The van der Waals surface area contributed by atoms with Gasteiger partial charge in [-0.3, -0.25) is 4.57 Å². The molecule has 3 aromatic rings. The van der Waals surface area contributed by atoms with Crippen molar-refractivity contribution in [3.8, 4) is 5.69 Å². The molecule has 0 spiro atoms. The fourth-order valence-electron chi connectivity index (χ4n) is 1.83. The van der Waals surface area contributed by atoms with Gasteiger partial charge in [-0.05, 0) is 52.4 Å². The number of benzene rings is 1. The van der Waals surface area contributed by atoms with Crippen LogP contribution in [0.5, 0.6) is 0 Å². The number of pyridine rings is 1. The molecule has 0 fully saturated rings. The standard InChI is InChI=1S/C12H6BrClFN3S/c13-6-3-10-11(16-5-6)18(12(19)17-10)7-1-2-8(14)9(15)4-7/h1-5H,(H,17,19). The fourth-order valence-corrected chi connectivity index (χ4v) is 2.58. The molecule has 96 valence electrons. The van der Waals surface area contributed by atoms with Crippen molar-refractivity contribution in [3.63, 3.8) is 0 Å². The predicted octanol–water partition coefficient (Wildman–Crippen LogP) is 4.64. The molecule has 0 atom stereocenters. The zero-order valence-corrected chi connectivity index (χ0v) is 12.5. The van der Waals surface area contributed by atoms with Gasteiger partial charge >= 0.3 is 0 Å². The topological polar surface area (TPSA) is 33.6 Å². The molecule has 0 aliphatic heterocycles. The molecule has 7 heteroatoms. The van der Waals surface area contributed by atoms with Crippen molar-refractivity contribution < 1.29 is 4.39 Å². The van der Waals surface area contributed by atoms with E-state index in [1.807, 2.05) is 6.07 Å². The van der Waals surface area contributed by atoms with Crippen LogP contribution in [0.3, 0.4) is 0 Å². The third kappa shape index (κ3) is 2.20. The van der Waals surface area contributed by atoms with Crippen LogP contribution in [0.1, 0.15) is 0 Å². The largest absolute Gasteiger partial charge is 0.329 e. The summed E-state index contributed by atoms with van der Waals surface area (Å²) in [6.07, 6.45) is 1.66. The summed E-state index contributed by atoms with van der Waals surface area (Å²) in [6.45, 7) is 0. The summed E-state index contributed by atoms with van der Waals surface area (Å²) in [6, 6.07) is 6.37. The van der Waals surface area contributed by atoms with Crippen molar-refractivity contribution in [1.29, 1.82) is 0 Å². The zero-order valence-electron chi connectivity index (χ0n) is 9.32. The van der Waals surface area contributed by atoms with Gasteiger partial charge in [0.25, 0.3) is 0 Å². The van der Waals surface area contributed by atoms with E-state index in [1.54, 1.807) is 16.8 Å². The second kappa shape index (κ2) is 4.70. The first-order valence-electron chi connectivity index (χ1n) is 5.28. The smallest absolute Gasteiger partial charge is 0.184 e. The maximum atomic E-state index is 13.5. The normalized spacial score (nSPS) is 11.1. The molecule has 3 rings (SSSR count). The van der Waals surface area contributed by atoms with Gasteiger partial charge in [0.2, 0.25) is 0 Å². The summed E-state index contributed by atoms with van der Waals surface area (Å²) in [5, 5.41) is 0.0748. The molecule has 0 bridgehead atoms. The fraction of sp³-hybridized carbons (Fsp3) is 0. The predicted molar refractivity (Wildman–Crippen MR) is 78.9 cm³/mol. The zero-order chi connectivity index (χ0) is 13.6. The van der Waals surface area contributed by atoms with Gasteiger partial charge < -0.3 is 4.98 Å². The first-order chi connectivity index (χ1) is 9.06. The summed E-state index contributed by atoms with van der Waals surface area (Å²) in [5.41, 5.74) is 1.98. The van der Waals surface area contributed by atoms with Gasteiger partial charge in [-0.15, -0.1) is 0 Å². The molecule has 0 saturated heterocycles. The van der Waals surface area contributed by atoms with E-state index in [0.717, 1.165) is 9.99 Å². The molecule has 0 unspecified atom stereocenters. The Hall–Kier alpha value is -1.24. The Bertz CT molecular complexity index is 843. The van der Waals surface area contributed by atoms with Crippen LogP contribution in [-0.2, 0) is 0 Å². The summed E-state index contributed by atoms with van der Waals surface area (Å²) in [4.78, 5) is 7.32. The van der Waals surface area contributed by atoms with Crippen LogP contribution >= 0.6 is 39.7 Å². The molecule has 0 aliphatic rings. The van der Waals surface area contributed by atoms with Crippen molar-refractivity contribution in [1.82, 2.24) is 14.5 Å². The lowest BCUT2D eigenvalue weighted by molar-refractivity contribution is 0.627. The molecule has 1 N–H and O–H groups in total. The summed E-state index contributed by atoms with van der Waals surface area (Å²) in [5.74, 6) is -0.493. The SMILES string of the molecule is Fc1cc(-n2c(=S)[nH]c3cc(Br)cnc32)ccc1Cl. The summed E-state index contributed by atoms with van der Waals surface area (Å²) < 4.78 is 16.5. The molecule has 1 aromatic carbocycles. The summed E-state index contributed by atoms with van der Waals surface area (Å²) in [7, 11) is 0. The van der Waals surface area contributed by atoms with Crippen LogP contribution in [0.2, 0.25) is 5.02 Å². The van der Waals surface area contributed by atoms with Gasteiger partial charge in [0, 0.05) is 10.7 Å². The van der Waals surface area contributed by atoms with Gasteiger partial charge in [-0.2, -0.15) is 0 Å². The number of aromatic nitrogens is 3. The third-order valence-corrected chi connectivity index (χ3v) is 3.68. The molecule has 19 heavy (non-hydrogen) atoms. The Morgan fingerprint density at radius 2 is 2.16 bits per heavy atom. The minimum absolute atomic E-state index is 0.0748. The highest BCUT2D eigenvalue weighted by atomic mass is 79.9. The summed E-state index contributed by atoms with van der Waals surface area (Å²) >= 11 is 14.3. The van der Waals surface area contributed by atoms with E-state index >= 15 is 0 Å². The number of nitrogens with zero attached hydrogens (tertiary/aromatic N) is 2. The van der Waals surface area contributed by atoms with Crippen LogP contribution in [0.4, 0.5) is 4.39 Å². The van der Waals surface area contributed by atoms with Crippen molar-refractivity contribution in [2.75, 3.05) is 0 Å². The number of rotatable bonds is 1. The minimum Gasteiger partial charge on any atom is -0.329 e. The van der Waals surface area contributed by atoms with E-state index in [2.05, 4.69) is 25.9 Å². The van der Waals surface area contributed by atoms with Crippen LogP contribution in [0.25, 0.3) is 16.9 Å². The number of fused-ring (bicyclic) bond motifs is 1. The number of imidazole rings is 1. The first-order valence-corrected chi connectivity index (χ1v) is 6.86. The monoisotopic (exact) mass is 357 g/mol. The molecule has 0 aliphatic carbocycles. The highest BCUT2D eigenvalue weighted by molar-refractivity contribution is 9.10. The van der Waals surface area contributed by atoms with E-state index in [-0.39, 0.29) is 5.02 Å². The molecular formula is C12H6BrClFN3S. The van der Waals surface area contributed by atoms with Crippen molar-refractivity contribution in [3.05, 3.63) is 50.5 Å². The molecule has 3 nitrogen and oxygen atoms in total. The average molecular weight is 359 g/mol. The van der Waals surface area contributed by atoms with Crippen LogP contribution in [0, 0.1) is 10.6 Å². The van der Waals surface area contributed by atoms with Crippen molar-refractivity contribution in [2.24, 2.45) is 0 Å². The van der Waals surface area contributed by atoms with Crippen LogP contribution < -0.4 is 0 Å². The lowest BCUT2D eigenvalue weighted by Gasteiger charge is -2.04. The molecule has 0 radical (unpaired) electrons. The highest BCUT2D eigenvalue weighted by Crippen LogP contribution is 2.23. The maximum Gasteiger partial charge on any atom is 0.184 e. The first kappa shape index (κ1) is 12.8. The van der Waals surface area contributed by atoms with Crippen LogP contribution in [-0.4, -0.2) is 14.5 Å². The van der Waals surface area contributed by atoms with Gasteiger partial charge in [0.05, 0.1) is 16.2 Å². The van der Waals surface area contributed by atoms with Gasteiger partial charge in [-0.25, -0.2) is 9.37 Å². The minimum atomic E-state index is -0.493. The molecule has 0 amide bonds. The Balaban J connectivity index is 2.32.